The summed E-state index contributed by atoms with van der Waals surface area (Å²) in [5.74, 6) is 2.75. The van der Waals surface area contributed by atoms with E-state index in [1.54, 1.807) is 0 Å². The van der Waals surface area contributed by atoms with Gasteiger partial charge in [-0.15, -0.1) is 12.8 Å². The molecule has 0 unspecified atom stereocenters. The number of carboxylic acids is 1. The maximum atomic E-state index is 11.4. The predicted octanol–water partition coefficient (Wildman–Crippen LogP) is 3.53. The highest BCUT2D eigenvalue weighted by molar-refractivity contribution is 7.90. The van der Waals surface area contributed by atoms with Crippen LogP contribution < -0.4 is 0 Å². The first-order valence-electron chi connectivity index (χ1n) is 7.54. The van der Waals surface area contributed by atoms with Crippen LogP contribution in [0.15, 0.2) is 35.2 Å². The Labute approximate surface area is 178 Å². The molecular weight excluding hydrogens is 439 g/mol. The van der Waals surface area contributed by atoms with Crippen molar-refractivity contribution in [3.63, 3.8) is 0 Å². The average molecular weight is 453 g/mol. The van der Waals surface area contributed by atoms with Gasteiger partial charge >= 0.3 is 11.9 Å². The van der Waals surface area contributed by atoms with E-state index in [0.29, 0.717) is 10.6 Å². The summed E-state index contributed by atoms with van der Waals surface area (Å²) in [7, 11) is -2.35. The van der Waals surface area contributed by atoms with E-state index in [0.717, 1.165) is 12.3 Å². The molecule has 0 heterocycles. The van der Waals surface area contributed by atoms with Crippen molar-refractivity contribution in [3.8, 4) is 24.7 Å². The summed E-state index contributed by atoms with van der Waals surface area (Å²) >= 11 is 11.4. The monoisotopic (exact) mass is 452 g/mol. The van der Waals surface area contributed by atoms with Crippen LogP contribution in [0.1, 0.15) is 31.8 Å². The number of sulfone groups is 1. The molecule has 2 aromatic carbocycles. The molecule has 0 amide bonds. The molecule has 0 fully saturated rings. The second-order valence-corrected chi connectivity index (χ2v) is 8.20. The summed E-state index contributed by atoms with van der Waals surface area (Å²) in [5.41, 5.74) is 0.589. The molecule has 0 saturated heterocycles. The highest BCUT2D eigenvalue weighted by Gasteiger charge is 2.19. The smallest absolute Gasteiger partial charge is 0.339 e. The Morgan fingerprint density at radius 1 is 1.03 bits per heavy atom. The van der Waals surface area contributed by atoms with E-state index < -0.39 is 21.8 Å². The Balaban J connectivity index is 0.000000308. The van der Waals surface area contributed by atoms with E-state index in [1.807, 2.05) is 0 Å². The zero-order valence-electron chi connectivity index (χ0n) is 15.2. The number of benzene rings is 2. The number of methoxy groups -OCH3 is 1. The van der Waals surface area contributed by atoms with Crippen molar-refractivity contribution in [2.75, 3.05) is 13.4 Å². The molecule has 0 saturated carbocycles. The average Bonchev–Trinajstić information content (AvgIpc) is 2.66. The number of carboxylic acid groups (broad SMARTS) is 1. The third kappa shape index (κ3) is 6.27. The molecule has 0 aliphatic rings. The molecule has 0 aliphatic heterocycles. The van der Waals surface area contributed by atoms with Crippen molar-refractivity contribution in [2.24, 2.45) is 0 Å². The summed E-state index contributed by atoms with van der Waals surface area (Å²) in [6, 6.07) is 6.71. The van der Waals surface area contributed by atoms with Crippen molar-refractivity contribution in [1.29, 1.82) is 0 Å². The third-order valence-electron chi connectivity index (χ3n) is 3.40. The quantitative estimate of drug-likeness (QED) is 0.564. The van der Waals surface area contributed by atoms with Crippen molar-refractivity contribution in [3.05, 3.63) is 62.6 Å². The van der Waals surface area contributed by atoms with E-state index in [9.17, 15) is 18.0 Å². The summed E-state index contributed by atoms with van der Waals surface area (Å²) in [6.07, 6.45) is 11.3. The number of hydrogen-bond donors (Lipinski definition) is 1. The van der Waals surface area contributed by atoms with Crippen molar-refractivity contribution < 1.29 is 27.9 Å². The van der Waals surface area contributed by atoms with Crippen LogP contribution in [0, 0.1) is 24.7 Å². The highest BCUT2D eigenvalue weighted by atomic mass is 35.5. The van der Waals surface area contributed by atoms with Gasteiger partial charge < -0.3 is 9.84 Å². The largest absolute Gasteiger partial charge is 0.478 e. The second kappa shape index (κ2) is 9.99. The van der Waals surface area contributed by atoms with Crippen LogP contribution in [0.3, 0.4) is 0 Å². The molecular formula is C20H14Cl2O6S. The Morgan fingerprint density at radius 2 is 1.59 bits per heavy atom. The third-order valence-corrected chi connectivity index (χ3v) is 5.20. The molecule has 1 N–H and O–H groups in total. The zero-order chi connectivity index (χ0) is 22.4. The van der Waals surface area contributed by atoms with Gasteiger partial charge in [-0.25, -0.2) is 18.0 Å². The molecule has 2 aromatic rings. The fourth-order valence-corrected chi connectivity index (χ4v) is 3.56. The van der Waals surface area contributed by atoms with E-state index in [2.05, 4.69) is 16.6 Å². The summed E-state index contributed by atoms with van der Waals surface area (Å²) in [5, 5.41) is 9.07. The first-order valence-corrected chi connectivity index (χ1v) is 10.2. The van der Waals surface area contributed by atoms with Gasteiger partial charge in [-0.2, -0.15) is 0 Å². The van der Waals surface area contributed by atoms with Crippen LogP contribution >= 0.6 is 23.2 Å². The molecule has 0 atom stereocenters. The Kier molecular flexibility index (Phi) is 8.29. The highest BCUT2D eigenvalue weighted by Crippen LogP contribution is 2.26. The molecule has 0 radical (unpaired) electrons. The van der Waals surface area contributed by atoms with Crippen LogP contribution in [0.25, 0.3) is 0 Å². The number of esters is 1. The van der Waals surface area contributed by atoms with Gasteiger partial charge in [-0.05, 0) is 30.3 Å². The molecule has 0 bridgehead atoms. The van der Waals surface area contributed by atoms with Gasteiger partial charge in [-0.1, -0.05) is 35.0 Å². The number of carbonyl (C=O) groups excluding carboxylic acids is 1. The van der Waals surface area contributed by atoms with Crippen LogP contribution in [-0.4, -0.2) is 38.8 Å². The number of rotatable bonds is 3. The molecule has 0 aliphatic carbocycles. The maximum Gasteiger partial charge on any atom is 0.339 e. The lowest BCUT2D eigenvalue weighted by atomic mass is 10.1. The van der Waals surface area contributed by atoms with Crippen molar-refractivity contribution >= 4 is 45.0 Å². The molecule has 2 rings (SSSR count). The van der Waals surface area contributed by atoms with Gasteiger partial charge in [0.25, 0.3) is 0 Å². The van der Waals surface area contributed by atoms with Gasteiger partial charge in [0.15, 0.2) is 9.84 Å². The van der Waals surface area contributed by atoms with Gasteiger partial charge in [0, 0.05) is 22.4 Å². The van der Waals surface area contributed by atoms with Gasteiger partial charge in [0.05, 0.1) is 28.2 Å². The van der Waals surface area contributed by atoms with Gasteiger partial charge in [0.2, 0.25) is 0 Å². The van der Waals surface area contributed by atoms with Gasteiger partial charge in [-0.3, -0.25) is 0 Å². The minimum Gasteiger partial charge on any atom is -0.478 e. The standard InChI is InChI=1S/C11H9ClO4S.C9H5ClO2/c1-4-7-5-9(12)10(17(3,14)15)6-8(7)11(13)16-2;1-2-6-5-7(10)3-4-8(6)9(11)12/h1,5-6H,2-3H3;1,3-5H,(H,11,12). The zero-order valence-corrected chi connectivity index (χ0v) is 17.5. The molecule has 29 heavy (non-hydrogen) atoms. The second-order valence-electron chi connectivity index (χ2n) is 5.38. The fourth-order valence-electron chi connectivity index (χ4n) is 2.06. The van der Waals surface area contributed by atoms with Crippen LogP contribution in [0.4, 0.5) is 0 Å². The van der Waals surface area contributed by atoms with Crippen molar-refractivity contribution in [1.82, 2.24) is 0 Å². The normalized spacial score (nSPS) is 10.0. The topological polar surface area (TPSA) is 97.7 Å². The van der Waals surface area contributed by atoms with Crippen LogP contribution in [0.5, 0.6) is 0 Å². The lowest BCUT2D eigenvalue weighted by Gasteiger charge is -2.07. The predicted molar refractivity (Wildman–Crippen MR) is 110 cm³/mol. The van der Waals surface area contributed by atoms with Crippen LogP contribution in [0.2, 0.25) is 10.0 Å². The number of aromatic carboxylic acids is 1. The Bertz CT molecular complexity index is 1150. The number of ether oxygens (including phenoxy) is 1. The summed E-state index contributed by atoms with van der Waals surface area (Å²) in [6.45, 7) is 0. The number of halogens is 2. The summed E-state index contributed by atoms with van der Waals surface area (Å²) in [4.78, 5) is 21.8. The minimum atomic E-state index is -3.53. The lowest BCUT2D eigenvalue weighted by Crippen LogP contribution is -2.07. The molecule has 150 valence electrons. The van der Waals surface area contributed by atoms with Crippen molar-refractivity contribution in [2.45, 2.75) is 4.90 Å². The van der Waals surface area contributed by atoms with E-state index in [1.165, 1.54) is 31.4 Å². The number of hydrogen-bond acceptors (Lipinski definition) is 5. The molecule has 9 heteroatoms. The van der Waals surface area contributed by atoms with E-state index in [4.69, 9.17) is 41.2 Å². The number of carbonyl (C=O) groups is 2. The Hall–Kier alpha value is -2.97. The van der Waals surface area contributed by atoms with E-state index in [-0.39, 0.29) is 26.6 Å². The Morgan fingerprint density at radius 3 is 2.03 bits per heavy atom. The molecule has 0 spiro atoms. The minimum absolute atomic E-state index is 0.000162. The maximum absolute atomic E-state index is 11.4. The summed E-state index contributed by atoms with van der Waals surface area (Å²) < 4.78 is 27.4. The first kappa shape index (κ1) is 24.1. The first-order chi connectivity index (χ1) is 13.5. The SMILES string of the molecule is C#Cc1cc(Cl)c(S(C)(=O)=O)cc1C(=O)OC.C#Cc1cc(Cl)ccc1C(=O)O. The lowest BCUT2D eigenvalue weighted by molar-refractivity contribution is 0.0599. The van der Waals surface area contributed by atoms with Gasteiger partial charge in [0.1, 0.15) is 0 Å². The fraction of sp³-hybridized carbons (Fsp3) is 0.100. The number of terminal acetylenes is 2. The molecule has 6 nitrogen and oxygen atoms in total. The van der Waals surface area contributed by atoms with E-state index >= 15 is 0 Å². The molecule has 0 aromatic heterocycles. The van der Waals surface area contributed by atoms with Crippen LogP contribution in [-0.2, 0) is 14.6 Å².